The Bertz CT molecular complexity index is 528. The Kier molecular flexibility index (Phi) is 4.57. The molecule has 0 aromatic carbocycles. The minimum atomic E-state index is -0.384. The van der Waals surface area contributed by atoms with Gasteiger partial charge in [0.2, 0.25) is 0 Å². The summed E-state index contributed by atoms with van der Waals surface area (Å²) in [7, 11) is 1.37. The van der Waals surface area contributed by atoms with E-state index < -0.39 is 0 Å². The second kappa shape index (κ2) is 6.38. The van der Waals surface area contributed by atoms with Crippen molar-refractivity contribution < 1.29 is 14.3 Å². The molecule has 0 spiro atoms. The van der Waals surface area contributed by atoms with Crippen molar-refractivity contribution in [2.24, 2.45) is 0 Å². The molecule has 110 valence electrons. The van der Waals surface area contributed by atoms with Gasteiger partial charge in [0.1, 0.15) is 5.69 Å². The second-order valence-electron chi connectivity index (χ2n) is 4.62. The van der Waals surface area contributed by atoms with Crippen LogP contribution >= 0.6 is 0 Å². The maximum atomic E-state index is 12.1. The first-order valence-electron chi connectivity index (χ1n) is 6.46. The predicted octanol–water partition coefficient (Wildman–Crippen LogP) is -0.976. The molecule has 0 radical (unpaired) electrons. The van der Waals surface area contributed by atoms with Crippen LogP contribution in [0.3, 0.4) is 0 Å². The molecular weight excluding hydrogens is 264 g/mol. The summed E-state index contributed by atoms with van der Waals surface area (Å²) < 4.78 is 4.59. The molecule has 0 saturated carbocycles. The molecule has 2 heterocycles. The number of nitrogens with zero attached hydrogens (tertiary/aromatic N) is 2. The van der Waals surface area contributed by atoms with Crippen molar-refractivity contribution in [2.45, 2.75) is 6.42 Å². The van der Waals surface area contributed by atoms with E-state index in [9.17, 15) is 14.4 Å². The molecule has 2 rings (SSSR count). The van der Waals surface area contributed by atoms with Gasteiger partial charge >= 0.3 is 11.7 Å². The first-order valence-corrected chi connectivity index (χ1v) is 6.46. The number of carbonyl (C=O) groups excluding carboxylic acids is 2. The van der Waals surface area contributed by atoms with Gasteiger partial charge in [-0.15, -0.1) is 0 Å². The Morgan fingerprint density at radius 3 is 2.55 bits per heavy atom. The fraction of sp³-hybridized carbons (Fsp3) is 0.583. The van der Waals surface area contributed by atoms with Crippen LogP contribution in [-0.4, -0.2) is 71.5 Å². The number of esters is 1. The van der Waals surface area contributed by atoms with Crippen molar-refractivity contribution >= 4 is 11.9 Å². The average molecular weight is 282 g/mol. The number of piperazine rings is 1. The number of aromatic nitrogens is 2. The third-order valence-electron chi connectivity index (χ3n) is 3.35. The van der Waals surface area contributed by atoms with Crippen molar-refractivity contribution in [3.63, 3.8) is 0 Å². The summed E-state index contributed by atoms with van der Waals surface area (Å²) in [6, 6.07) is 0. The largest absolute Gasteiger partial charge is 0.469 e. The van der Waals surface area contributed by atoms with Crippen molar-refractivity contribution in [3.8, 4) is 0 Å². The van der Waals surface area contributed by atoms with Gasteiger partial charge in [0, 0.05) is 38.9 Å². The predicted molar refractivity (Wildman–Crippen MR) is 70.4 cm³/mol. The van der Waals surface area contributed by atoms with Crippen molar-refractivity contribution in [3.05, 3.63) is 22.4 Å². The molecule has 1 fully saturated rings. The molecule has 8 nitrogen and oxygen atoms in total. The van der Waals surface area contributed by atoms with Gasteiger partial charge in [-0.3, -0.25) is 14.5 Å². The van der Waals surface area contributed by atoms with Gasteiger partial charge in [-0.2, -0.15) is 0 Å². The summed E-state index contributed by atoms with van der Waals surface area (Å²) in [5.74, 6) is -0.413. The van der Waals surface area contributed by atoms with Crippen LogP contribution in [0.2, 0.25) is 0 Å². The summed E-state index contributed by atoms with van der Waals surface area (Å²) in [5.41, 5.74) is -0.108. The number of amides is 1. The van der Waals surface area contributed by atoms with Crippen LogP contribution in [0, 0.1) is 0 Å². The average Bonchev–Trinajstić information content (AvgIpc) is 2.91. The molecule has 0 unspecified atom stereocenters. The molecular formula is C12H18N4O4. The van der Waals surface area contributed by atoms with E-state index in [1.165, 1.54) is 13.3 Å². The van der Waals surface area contributed by atoms with E-state index in [1.54, 1.807) is 4.90 Å². The van der Waals surface area contributed by atoms with Crippen molar-refractivity contribution in [2.75, 3.05) is 39.8 Å². The number of hydrogen-bond donors (Lipinski definition) is 2. The Morgan fingerprint density at radius 2 is 2.00 bits per heavy atom. The third kappa shape index (κ3) is 3.47. The number of aromatic amines is 2. The lowest BCUT2D eigenvalue weighted by Crippen LogP contribution is -2.49. The highest BCUT2D eigenvalue weighted by molar-refractivity contribution is 5.92. The van der Waals surface area contributed by atoms with Crippen LogP contribution in [0.1, 0.15) is 16.9 Å². The first-order chi connectivity index (χ1) is 9.60. The fourth-order valence-electron chi connectivity index (χ4n) is 2.14. The van der Waals surface area contributed by atoms with Gasteiger partial charge in [0.05, 0.1) is 13.5 Å². The minimum absolute atomic E-state index is 0.184. The van der Waals surface area contributed by atoms with Gasteiger partial charge < -0.3 is 19.6 Å². The van der Waals surface area contributed by atoms with Crippen LogP contribution in [0.15, 0.2) is 11.0 Å². The van der Waals surface area contributed by atoms with Crippen LogP contribution in [0.25, 0.3) is 0 Å². The highest BCUT2D eigenvalue weighted by Gasteiger charge is 2.23. The van der Waals surface area contributed by atoms with Gasteiger partial charge in [-0.05, 0) is 0 Å². The van der Waals surface area contributed by atoms with E-state index in [1.807, 2.05) is 0 Å². The molecule has 1 amide bonds. The van der Waals surface area contributed by atoms with E-state index in [0.29, 0.717) is 39.1 Å². The molecule has 1 aromatic rings. The lowest BCUT2D eigenvalue weighted by atomic mass is 10.2. The molecule has 8 heteroatoms. The first kappa shape index (κ1) is 14.3. The number of rotatable bonds is 4. The smallest absolute Gasteiger partial charge is 0.323 e. The van der Waals surface area contributed by atoms with Crippen LogP contribution in [-0.2, 0) is 9.53 Å². The van der Waals surface area contributed by atoms with Crippen LogP contribution in [0.4, 0.5) is 0 Å². The van der Waals surface area contributed by atoms with Gasteiger partial charge in [0.25, 0.3) is 5.91 Å². The quantitative estimate of drug-likeness (QED) is 0.692. The molecule has 0 bridgehead atoms. The summed E-state index contributed by atoms with van der Waals surface area (Å²) >= 11 is 0. The molecule has 1 aromatic heterocycles. The zero-order valence-electron chi connectivity index (χ0n) is 11.3. The molecule has 20 heavy (non-hydrogen) atoms. The molecule has 2 N–H and O–H groups in total. The number of imidazole rings is 1. The van der Waals surface area contributed by atoms with Gasteiger partial charge in [-0.25, -0.2) is 4.79 Å². The standard InChI is InChI=1S/C12H18N4O4/c1-20-10(17)2-3-15-4-6-16(7-5-15)11(18)9-8-13-12(19)14-9/h8H,2-7H2,1H3,(H2,13,14,19). The van der Waals surface area contributed by atoms with Crippen LogP contribution in [0.5, 0.6) is 0 Å². The summed E-state index contributed by atoms with van der Waals surface area (Å²) in [5, 5.41) is 0. The summed E-state index contributed by atoms with van der Waals surface area (Å²) in [6.07, 6.45) is 1.74. The Balaban J connectivity index is 1.80. The maximum Gasteiger partial charge on any atom is 0.323 e. The van der Waals surface area contributed by atoms with E-state index >= 15 is 0 Å². The van der Waals surface area contributed by atoms with Gasteiger partial charge in [-0.1, -0.05) is 0 Å². The van der Waals surface area contributed by atoms with Crippen molar-refractivity contribution in [1.82, 2.24) is 19.8 Å². The second-order valence-corrected chi connectivity index (χ2v) is 4.62. The highest BCUT2D eigenvalue weighted by Crippen LogP contribution is 2.06. The van der Waals surface area contributed by atoms with E-state index in [0.717, 1.165) is 0 Å². The lowest BCUT2D eigenvalue weighted by Gasteiger charge is -2.34. The topological polar surface area (TPSA) is 98.5 Å². The SMILES string of the molecule is COC(=O)CCN1CCN(C(=O)c2c[nH]c(=O)[nH]2)CC1. The van der Waals surface area contributed by atoms with Gasteiger partial charge in [0.15, 0.2) is 0 Å². The third-order valence-corrected chi connectivity index (χ3v) is 3.35. The van der Waals surface area contributed by atoms with E-state index in [-0.39, 0.29) is 23.3 Å². The number of H-pyrrole nitrogens is 2. The van der Waals surface area contributed by atoms with Crippen LogP contribution < -0.4 is 5.69 Å². The lowest BCUT2D eigenvalue weighted by molar-refractivity contribution is -0.141. The fourth-order valence-corrected chi connectivity index (χ4v) is 2.14. The molecule has 0 atom stereocenters. The van der Waals surface area contributed by atoms with E-state index in [2.05, 4.69) is 19.6 Å². The summed E-state index contributed by atoms with van der Waals surface area (Å²) in [4.78, 5) is 42.8. The zero-order chi connectivity index (χ0) is 14.5. The molecule has 1 aliphatic heterocycles. The molecule has 0 aliphatic carbocycles. The maximum absolute atomic E-state index is 12.1. The Hall–Kier alpha value is -2.09. The normalized spacial score (nSPS) is 16.1. The number of ether oxygens (including phenoxy) is 1. The monoisotopic (exact) mass is 282 g/mol. The number of methoxy groups -OCH3 is 1. The molecule has 1 saturated heterocycles. The Morgan fingerprint density at radius 1 is 1.30 bits per heavy atom. The summed E-state index contributed by atoms with van der Waals surface area (Å²) in [6.45, 7) is 3.20. The highest BCUT2D eigenvalue weighted by atomic mass is 16.5. The zero-order valence-corrected chi connectivity index (χ0v) is 11.3. The Labute approximate surface area is 115 Å². The minimum Gasteiger partial charge on any atom is -0.469 e. The number of hydrogen-bond acceptors (Lipinski definition) is 5. The number of nitrogens with one attached hydrogen (secondary N) is 2. The number of carbonyl (C=O) groups is 2. The van der Waals surface area contributed by atoms with E-state index in [4.69, 9.17) is 0 Å². The molecule has 1 aliphatic rings. The van der Waals surface area contributed by atoms with Crippen molar-refractivity contribution in [1.29, 1.82) is 0 Å².